The van der Waals surface area contributed by atoms with Gasteiger partial charge < -0.3 is 14.6 Å². The predicted molar refractivity (Wildman–Crippen MR) is 62.2 cm³/mol. The molecule has 0 rings (SSSR count). The molecule has 0 aliphatic rings. The molecular formula is C10H18O6S. The summed E-state index contributed by atoms with van der Waals surface area (Å²) in [5, 5.41) is 8.33. The molecule has 0 aromatic carbocycles. The van der Waals surface area contributed by atoms with E-state index in [9.17, 15) is 13.8 Å². The van der Waals surface area contributed by atoms with Crippen molar-refractivity contribution in [2.24, 2.45) is 0 Å². The van der Waals surface area contributed by atoms with Crippen LogP contribution in [-0.2, 0) is 29.9 Å². The molecule has 1 unspecified atom stereocenters. The number of carbonyl (C=O) groups is 2. The number of unbranched alkanes of at least 4 members (excludes halogenated alkanes) is 1. The van der Waals surface area contributed by atoms with E-state index >= 15 is 0 Å². The molecule has 17 heavy (non-hydrogen) atoms. The Bertz CT molecular complexity index is 266. The molecule has 0 aliphatic carbocycles. The number of rotatable bonds is 10. The largest absolute Gasteiger partial charge is 0.481 e. The van der Waals surface area contributed by atoms with Gasteiger partial charge >= 0.3 is 11.9 Å². The van der Waals surface area contributed by atoms with Crippen LogP contribution in [0, 0.1) is 0 Å². The summed E-state index contributed by atoms with van der Waals surface area (Å²) < 4.78 is 20.9. The van der Waals surface area contributed by atoms with Gasteiger partial charge in [0, 0.05) is 17.4 Å². The third-order valence-corrected chi connectivity index (χ3v) is 2.82. The summed E-state index contributed by atoms with van der Waals surface area (Å²) in [6.07, 6.45) is 1.99. The Morgan fingerprint density at radius 2 is 1.88 bits per heavy atom. The van der Waals surface area contributed by atoms with Crippen molar-refractivity contribution in [3.8, 4) is 0 Å². The molecule has 6 nitrogen and oxygen atoms in total. The second-order valence-electron chi connectivity index (χ2n) is 3.31. The van der Waals surface area contributed by atoms with E-state index in [0.717, 1.165) is 12.8 Å². The quantitative estimate of drug-likeness (QED) is 0.448. The Hall–Kier alpha value is -0.950. The summed E-state index contributed by atoms with van der Waals surface area (Å²) >= 11 is 0. The van der Waals surface area contributed by atoms with E-state index in [2.05, 4.69) is 0 Å². The third kappa shape index (κ3) is 11.3. The minimum Gasteiger partial charge on any atom is -0.481 e. The van der Waals surface area contributed by atoms with E-state index in [1.807, 2.05) is 6.92 Å². The number of carboxylic acid groups (broad SMARTS) is 1. The average Bonchev–Trinajstić information content (AvgIpc) is 2.21. The maximum absolute atomic E-state index is 11.1. The van der Waals surface area contributed by atoms with Crippen LogP contribution in [0.5, 0.6) is 0 Å². The first-order valence-electron chi connectivity index (χ1n) is 5.36. The first-order chi connectivity index (χ1) is 8.06. The summed E-state index contributed by atoms with van der Waals surface area (Å²) in [6.45, 7) is 3.07. The smallest absolute Gasteiger partial charge is 0.318 e. The number of hydrogen-bond donors (Lipinski definition) is 1. The Morgan fingerprint density at radius 1 is 1.18 bits per heavy atom. The monoisotopic (exact) mass is 266 g/mol. The number of esters is 1. The van der Waals surface area contributed by atoms with Gasteiger partial charge in [0.25, 0.3) is 0 Å². The summed E-state index contributed by atoms with van der Waals surface area (Å²) in [4.78, 5) is 21.2. The number of ether oxygens (including phenoxy) is 2. The minimum atomic E-state index is -1.71. The highest BCUT2D eigenvalue weighted by Crippen LogP contribution is 1.90. The average molecular weight is 266 g/mol. The van der Waals surface area contributed by atoms with Crippen molar-refractivity contribution in [3.05, 3.63) is 0 Å². The van der Waals surface area contributed by atoms with Crippen LogP contribution in [0.3, 0.4) is 0 Å². The van der Waals surface area contributed by atoms with E-state index in [-0.39, 0.29) is 12.4 Å². The van der Waals surface area contributed by atoms with Crippen LogP contribution in [0.4, 0.5) is 0 Å². The van der Waals surface area contributed by atoms with Gasteiger partial charge in [0.15, 0.2) is 0 Å². The Morgan fingerprint density at radius 3 is 2.47 bits per heavy atom. The lowest BCUT2D eigenvalue weighted by Gasteiger charge is -2.05. The van der Waals surface area contributed by atoms with Crippen molar-refractivity contribution in [1.82, 2.24) is 0 Å². The zero-order valence-electron chi connectivity index (χ0n) is 9.85. The summed E-state index contributed by atoms with van der Waals surface area (Å²) in [5.41, 5.74) is 0. The van der Waals surface area contributed by atoms with Gasteiger partial charge in [-0.05, 0) is 6.42 Å². The zero-order chi connectivity index (χ0) is 13.1. The van der Waals surface area contributed by atoms with Crippen molar-refractivity contribution in [2.45, 2.75) is 19.8 Å². The van der Waals surface area contributed by atoms with Crippen molar-refractivity contribution in [3.63, 3.8) is 0 Å². The molecule has 0 saturated heterocycles. The van der Waals surface area contributed by atoms with Crippen LogP contribution in [0.1, 0.15) is 19.8 Å². The molecule has 0 spiro atoms. The van der Waals surface area contributed by atoms with Gasteiger partial charge in [-0.3, -0.25) is 13.8 Å². The predicted octanol–water partition coefficient (Wildman–Crippen LogP) is 0.180. The van der Waals surface area contributed by atoms with Crippen molar-refractivity contribution in [2.75, 3.05) is 31.3 Å². The topological polar surface area (TPSA) is 89.9 Å². The minimum absolute atomic E-state index is 0.104. The maximum Gasteiger partial charge on any atom is 0.318 e. The highest BCUT2D eigenvalue weighted by atomic mass is 32.2. The number of carbonyl (C=O) groups excluding carboxylic acids is 1. The van der Waals surface area contributed by atoms with Crippen molar-refractivity contribution in [1.29, 1.82) is 0 Å². The molecule has 0 amide bonds. The number of aliphatic carboxylic acids is 1. The van der Waals surface area contributed by atoms with Crippen molar-refractivity contribution < 1.29 is 28.4 Å². The molecule has 1 atom stereocenters. The van der Waals surface area contributed by atoms with Crippen LogP contribution in [-0.4, -0.2) is 52.6 Å². The van der Waals surface area contributed by atoms with Crippen LogP contribution in [0.15, 0.2) is 0 Å². The van der Waals surface area contributed by atoms with E-state index in [1.165, 1.54) is 0 Å². The second kappa shape index (κ2) is 10.2. The van der Waals surface area contributed by atoms with E-state index < -0.39 is 28.5 Å². The van der Waals surface area contributed by atoms with Crippen LogP contribution in [0.2, 0.25) is 0 Å². The molecule has 0 heterocycles. The molecule has 0 radical (unpaired) electrons. The fourth-order valence-corrected chi connectivity index (χ4v) is 1.65. The molecular weight excluding hydrogens is 248 g/mol. The normalized spacial score (nSPS) is 12.1. The van der Waals surface area contributed by atoms with Crippen LogP contribution < -0.4 is 0 Å². The van der Waals surface area contributed by atoms with Crippen molar-refractivity contribution >= 4 is 22.7 Å². The molecule has 0 bridgehead atoms. The number of carboxylic acids is 1. The standard InChI is InChI=1S/C10H18O6S/c1-2-3-4-15-5-6-16-10(13)8-17(14)7-9(11)12/h2-8H2,1H3,(H,11,12). The van der Waals surface area contributed by atoms with Gasteiger partial charge in [0.2, 0.25) is 0 Å². The molecule has 1 N–H and O–H groups in total. The molecule has 0 aromatic rings. The van der Waals surface area contributed by atoms with Gasteiger partial charge in [0.05, 0.1) is 6.61 Å². The fourth-order valence-electron chi connectivity index (χ4n) is 0.925. The molecule has 0 fully saturated rings. The van der Waals surface area contributed by atoms with Gasteiger partial charge in [-0.15, -0.1) is 0 Å². The van der Waals surface area contributed by atoms with Crippen LogP contribution in [0.25, 0.3) is 0 Å². The number of hydrogen-bond acceptors (Lipinski definition) is 5. The molecule has 100 valence electrons. The van der Waals surface area contributed by atoms with E-state index in [4.69, 9.17) is 14.6 Å². The molecule has 7 heteroatoms. The lowest BCUT2D eigenvalue weighted by molar-refractivity contribution is -0.142. The summed E-state index contributed by atoms with van der Waals surface area (Å²) in [7, 11) is -1.71. The van der Waals surface area contributed by atoms with Gasteiger partial charge in [-0.1, -0.05) is 13.3 Å². The second-order valence-corrected chi connectivity index (χ2v) is 4.77. The lowest BCUT2D eigenvalue weighted by Crippen LogP contribution is -2.21. The molecule has 0 aliphatic heterocycles. The fraction of sp³-hybridized carbons (Fsp3) is 0.800. The SMILES string of the molecule is CCCCOCCOC(=O)CS(=O)CC(=O)O. The highest BCUT2D eigenvalue weighted by Gasteiger charge is 2.12. The third-order valence-electron chi connectivity index (χ3n) is 1.70. The molecule has 0 saturated carbocycles. The molecule has 0 aromatic heterocycles. The van der Waals surface area contributed by atoms with E-state index in [1.54, 1.807) is 0 Å². The maximum atomic E-state index is 11.1. The zero-order valence-corrected chi connectivity index (χ0v) is 10.7. The highest BCUT2D eigenvalue weighted by molar-refractivity contribution is 7.86. The summed E-state index contributed by atoms with van der Waals surface area (Å²) in [5.74, 6) is -2.79. The first kappa shape index (κ1) is 16.1. The Kier molecular flexibility index (Phi) is 9.65. The Labute approximate surface area is 103 Å². The summed E-state index contributed by atoms with van der Waals surface area (Å²) in [6, 6.07) is 0. The van der Waals surface area contributed by atoms with Gasteiger partial charge in [0.1, 0.15) is 18.1 Å². The lowest BCUT2D eigenvalue weighted by atomic mass is 10.4. The van der Waals surface area contributed by atoms with Gasteiger partial charge in [-0.2, -0.15) is 0 Å². The van der Waals surface area contributed by atoms with Crippen LogP contribution >= 0.6 is 0 Å². The van der Waals surface area contributed by atoms with E-state index in [0.29, 0.717) is 13.2 Å². The van der Waals surface area contributed by atoms with Gasteiger partial charge in [-0.25, -0.2) is 0 Å². The Balaban J connectivity index is 3.46. The first-order valence-corrected chi connectivity index (χ1v) is 6.85.